The van der Waals surface area contributed by atoms with Gasteiger partial charge in [-0.2, -0.15) is 8.42 Å². The zero-order valence-electron chi connectivity index (χ0n) is 19.2. The number of nitrogens with zero attached hydrogens (tertiary/aromatic N) is 2. The predicted molar refractivity (Wildman–Crippen MR) is 129 cm³/mol. The van der Waals surface area contributed by atoms with Crippen molar-refractivity contribution in [2.45, 2.75) is 29.9 Å². The number of anilines is 1. The van der Waals surface area contributed by atoms with Crippen molar-refractivity contribution < 1.29 is 22.8 Å². The third-order valence-corrected chi connectivity index (χ3v) is 8.31. The van der Waals surface area contributed by atoms with E-state index in [4.69, 9.17) is 4.74 Å². The Hall–Kier alpha value is -3.07. The van der Waals surface area contributed by atoms with E-state index in [1.807, 2.05) is 43.3 Å². The highest BCUT2D eigenvalue weighted by Crippen LogP contribution is 2.58. The number of phenols is 1. The van der Waals surface area contributed by atoms with Crippen LogP contribution in [-0.4, -0.2) is 50.7 Å². The summed E-state index contributed by atoms with van der Waals surface area (Å²) in [5, 5.41) is 11.0. The highest BCUT2D eigenvalue weighted by atomic mass is 32.2. The number of rotatable bonds is 3. The van der Waals surface area contributed by atoms with Gasteiger partial charge in [0, 0.05) is 43.5 Å². The molecule has 2 atom stereocenters. The molecule has 3 aliphatic rings. The Labute approximate surface area is 199 Å². The summed E-state index contributed by atoms with van der Waals surface area (Å²) < 4.78 is 40.5. The van der Waals surface area contributed by atoms with Gasteiger partial charge in [0.25, 0.3) is 10.1 Å². The molecule has 1 aliphatic carbocycles. The first-order chi connectivity index (χ1) is 16.1. The first-order valence-electron chi connectivity index (χ1n) is 11.3. The number of hydrogen-bond donors (Lipinski definition) is 2. The van der Waals surface area contributed by atoms with Crippen molar-refractivity contribution in [2.75, 3.05) is 32.6 Å². The number of benzene rings is 3. The molecule has 0 bridgehead atoms. The molecular weight excluding hydrogens is 452 g/mol. The van der Waals surface area contributed by atoms with E-state index >= 15 is 0 Å². The van der Waals surface area contributed by atoms with Gasteiger partial charge in [-0.25, -0.2) is 0 Å². The van der Waals surface area contributed by atoms with Gasteiger partial charge in [-0.15, -0.1) is 0 Å². The van der Waals surface area contributed by atoms with Gasteiger partial charge in [-0.3, -0.25) is 9.45 Å². The normalized spacial score (nSPS) is 20.5. The fourth-order valence-corrected chi connectivity index (χ4v) is 6.34. The molecule has 0 fully saturated rings. The molecule has 1 unspecified atom stereocenters. The summed E-state index contributed by atoms with van der Waals surface area (Å²) in [6.45, 7) is 0.911. The highest BCUT2D eigenvalue weighted by molar-refractivity contribution is 7.86. The molecule has 8 heteroatoms. The topological polar surface area (TPSA) is 90.3 Å². The molecule has 6 rings (SSSR count). The van der Waals surface area contributed by atoms with E-state index in [0.717, 1.165) is 46.5 Å². The van der Waals surface area contributed by atoms with Gasteiger partial charge in [0.2, 0.25) is 0 Å². The van der Waals surface area contributed by atoms with Gasteiger partial charge in [0.1, 0.15) is 11.0 Å². The van der Waals surface area contributed by atoms with E-state index in [1.54, 1.807) is 0 Å². The van der Waals surface area contributed by atoms with E-state index in [-0.39, 0.29) is 11.8 Å². The lowest BCUT2D eigenvalue weighted by molar-refractivity contribution is 0.213. The van der Waals surface area contributed by atoms with Gasteiger partial charge in [0.15, 0.2) is 11.5 Å². The van der Waals surface area contributed by atoms with Crippen LogP contribution in [0.25, 0.3) is 11.1 Å². The SMILES string of the molecule is CN(C)c1ccc(C2Oc3c(O)c(S(=O)(=O)O)cc4c3-c3c2ccc2c3[C@@H](C4)N(C)CC2)cc1. The van der Waals surface area contributed by atoms with Crippen LogP contribution in [0.3, 0.4) is 0 Å². The zero-order valence-corrected chi connectivity index (χ0v) is 20.1. The second-order valence-corrected chi connectivity index (χ2v) is 11.0. The van der Waals surface area contributed by atoms with Crippen LogP contribution in [0.5, 0.6) is 11.5 Å². The maximum absolute atomic E-state index is 12.1. The average molecular weight is 479 g/mol. The van der Waals surface area contributed by atoms with Crippen molar-refractivity contribution in [1.82, 2.24) is 4.90 Å². The second-order valence-electron chi connectivity index (χ2n) is 9.60. The van der Waals surface area contributed by atoms with Gasteiger partial charge in [0.05, 0.1) is 0 Å². The van der Waals surface area contributed by atoms with Crippen LogP contribution >= 0.6 is 0 Å². The molecule has 2 aliphatic heterocycles. The fraction of sp³-hybridized carbons (Fsp3) is 0.308. The molecule has 0 spiro atoms. The van der Waals surface area contributed by atoms with Crippen molar-refractivity contribution in [1.29, 1.82) is 0 Å². The van der Waals surface area contributed by atoms with Crippen LogP contribution in [0.2, 0.25) is 0 Å². The van der Waals surface area contributed by atoms with Crippen LogP contribution < -0.4 is 9.64 Å². The Balaban J connectivity index is 1.65. The Morgan fingerprint density at radius 2 is 1.79 bits per heavy atom. The van der Waals surface area contributed by atoms with E-state index < -0.39 is 26.9 Å². The van der Waals surface area contributed by atoms with Crippen molar-refractivity contribution in [3.05, 3.63) is 70.3 Å². The molecule has 34 heavy (non-hydrogen) atoms. The molecule has 0 saturated carbocycles. The Morgan fingerprint density at radius 1 is 1.06 bits per heavy atom. The van der Waals surface area contributed by atoms with Crippen LogP contribution in [0.1, 0.15) is 40.0 Å². The van der Waals surface area contributed by atoms with E-state index in [1.165, 1.54) is 17.2 Å². The van der Waals surface area contributed by atoms with Crippen molar-refractivity contribution in [2.24, 2.45) is 0 Å². The van der Waals surface area contributed by atoms with Crippen LogP contribution in [-0.2, 0) is 23.0 Å². The molecular formula is C26H26N2O5S. The van der Waals surface area contributed by atoms with Crippen molar-refractivity contribution in [3.63, 3.8) is 0 Å². The smallest absolute Gasteiger partial charge is 0.298 e. The van der Waals surface area contributed by atoms with Crippen LogP contribution in [0.4, 0.5) is 5.69 Å². The van der Waals surface area contributed by atoms with E-state index in [0.29, 0.717) is 6.42 Å². The lowest BCUT2D eigenvalue weighted by Crippen LogP contribution is -2.37. The molecule has 0 aromatic heterocycles. The lowest BCUT2D eigenvalue weighted by atomic mass is 9.73. The minimum atomic E-state index is -4.63. The molecule has 7 nitrogen and oxygen atoms in total. The number of aromatic hydroxyl groups is 1. The highest BCUT2D eigenvalue weighted by Gasteiger charge is 2.42. The molecule has 3 aromatic carbocycles. The van der Waals surface area contributed by atoms with Crippen LogP contribution in [0.15, 0.2) is 47.4 Å². The quantitative estimate of drug-likeness (QED) is 0.551. The maximum atomic E-state index is 12.1. The number of ether oxygens (including phenoxy) is 1. The third kappa shape index (κ3) is 2.99. The van der Waals surface area contributed by atoms with Gasteiger partial charge < -0.3 is 14.7 Å². The zero-order chi connectivity index (χ0) is 23.9. The lowest BCUT2D eigenvalue weighted by Gasteiger charge is -2.43. The standard InChI is InChI=1S/C26H26N2O5S/c1-27(2)17-7-4-15(5-8-17)25-18-9-6-14-10-11-28(3)19-12-16-13-20(34(30,31)32)24(29)26(33-25)22(16)23(18)21(14)19/h4-9,13,19,25,29H,10-12H2,1-3H3,(H,30,31,32)/t19-,25?/m1/s1. The Bertz CT molecular complexity index is 1450. The van der Waals surface area contributed by atoms with E-state index in [9.17, 15) is 18.1 Å². The molecule has 0 amide bonds. The van der Waals surface area contributed by atoms with Gasteiger partial charge in [-0.1, -0.05) is 24.3 Å². The number of hydrogen-bond acceptors (Lipinski definition) is 6. The average Bonchev–Trinajstić information content (AvgIpc) is 2.80. The summed E-state index contributed by atoms with van der Waals surface area (Å²) in [5.74, 6) is -0.415. The van der Waals surface area contributed by atoms with Crippen LogP contribution in [0, 0.1) is 0 Å². The van der Waals surface area contributed by atoms with Gasteiger partial charge >= 0.3 is 0 Å². The summed E-state index contributed by atoms with van der Waals surface area (Å²) in [7, 11) is 1.40. The first-order valence-corrected chi connectivity index (χ1v) is 12.8. The maximum Gasteiger partial charge on any atom is 0.298 e. The Kier molecular flexibility index (Phi) is 4.55. The van der Waals surface area contributed by atoms with Crippen molar-refractivity contribution >= 4 is 15.8 Å². The minimum absolute atomic E-state index is 0.0905. The molecule has 2 N–H and O–H groups in total. The summed E-state index contributed by atoms with van der Waals surface area (Å²) in [6.07, 6.45) is 0.986. The van der Waals surface area contributed by atoms with Crippen molar-refractivity contribution in [3.8, 4) is 22.6 Å². The summed E-state index contributed by atoms with van der Waals surface area (Å²) in [6, 6.07) is 13.8. The molecule has 176 valence electrons. The third-order valence-electron chi connectivity index (χ3n) is 7.44. The number of phenolic OH excluding ortho intramolecular Hbond substituents is 1. The molecule has 3 aromatic rings. The second kappa shape index (κ2) is 7.21. The Morgan fingerprint density at radius 3 is 2.47 bits per heavy atom. The van der Waals surface area contributed by atoms with E-state index in [2.05, 4.69) is 24.1 Å². The fourth-order valence-electron chi connectivity index (χ4n) is 5.71. The summed E-state index contributed by atoms with van der Waals surface area (Å²) in [4.78, 5) is 3.80. The molecule has 0 saturated heterocycles. The monoisotopic (exact) mass is 478 g/mol. The molecule has 2 heterocycles. The largest absolute Gasteiger partial charge is 0.503 e. The summed E-state index contributed by atoms with van der Waals surface area (Å²) >= 11 is 0. The first kappa shape index (κ1) is 21.5. The number of likely N-dealkylation sites (N-methyl/N-ethyl adjacent to an activating group) is 1. The minimum Gasteiger partial charge on any atom is -0.503 e. The molecule has 0 radical (unpaired) electrons. The summed E-state index contributed by atoms with van der Waals surface area (Å²) in [5.41, 5.74) is 7.98. The predicted octanol–water partition coefficient (Wildman–Crippen LogP) is 3.94. The van der Waals surface area contributed by atoms with Gasteiger partial charge in [-0.05, 0) is 65.9 Å².